The van der Waals surface area contributed by atoms with Gasteiger partial charge in [0.15, 0.2) is 0 Å². The quantitative estimate of drug-likeness (QED) is 0.632. The fourth-order valence-corrected chi connectivity index (χ4v) is 6.63. The molecule has 3 saturated heterocycles. The summed E-state index contributed by atoms with van der Waals surface area (Å²) < 4.78 is 11.0. The molecule has 0 radical (unpaired) electrons. The molecule has 7 nitrogen and oxygen atoms in total. The molecule has 31 heavy (non-hydrogen) atoms. The number of methoxy groups -OCH3 is 1. The second-order valence-electron chi connectivity index (χ2n) is 9.27. The number of carboxylic acid groups (broad SMARTS) is 1. The summed E-state index contributed by atoms with van der Waals surface area (Å²) in [6.45, 7) is 4.54. The number of nitrogens with one attached hydrogen (secondary N) is 1. The van der Waals surface area contributed by atoms with E-state index in [-0.39, 0.29) is 34.3 Å². The fourth-order valence-electron chi connectivity index (χ4n) is 4.99. The standard InChI is InChI=1S/C23H32N2O5S/c1-23(2)20(22(27)28)25-13-18(21(25)31-23)24-19(26)11-10-16-8-9-17(30-16)12-14-4-6-15(29-3)7-5-14/h4-7,16-18,20-21H,8-13H2,1-3H3,(H,24,26)(H,27,28)/t16-,17-,18-,20+,21-/m1/s1. The maximum atomic E-state index is 12.5. The minimum atomic E-state index is -0.785. The van der Waals surface area contributed by atoms with Gasteiger partial charge in [0.2, 0.25) is 5.91 Å². The molecule has 4 rings (SSSR count). The number of nitrogens with zero attached hydrogens (tertiary/aromatic N) is 1. The zero-order chi connectivity index (χ0) is 22.2. The molecular weight excluding hydrogens is 416 g/mol. The number of rotatable bonds is 8. The number of ether oxygens (including phenoxy) is 2. The molecule has 3 heterocycles. The Bertz CT molecular complexity index is 815. The van der Waals surface area contributed by atoms with Gasteiger partial charge in [-0.25, -0.2) is 0 Å². The van der Waals surface area contributed by atoms with E-state index in [1.165, 1.54) is 5.56 Å². The average Bonchev–Trinajstić information content (AvgIpc) is 3.25. The molecule has 8 heteroatoms. The molecule has 0 spiro atoms. The van der Waals surface area contributed by atoms with Crippen molar-refractivity contribution < 1.29 is 24.2 Å². The van der Waals surface area contributed by atoms with Crippen molar-refractivity contribution in [3.05, 3.63) is 29.8 Å². The largest absolute Gasteiger partial charge is 0.497 e. The monoisotopic (exact) mass is 448 g/mol. The lowest BCUT2D eigenvalue weighted by Gasteiger charge is -2.44. The van der Waals surface area contributed by atoms with Crippen LogP contribution in [0.1, 0.15) is 45.1 Å². The lowest BCUT2D eigenvalue weighted by molar-refractivity contribution is -0.146. The van der Waals surface area contributed by atoms with E-state index >= 15 is 0 Å². The number of carbonyl (C=O) groups excluding carboxylic acids is 1. The van der Waals surface area contributed by atoms with Crippen LogP contribution in [0.25, 0.3) is 0 Å². The summed E-state index contributed by atoms with van der Waals surface area (Å²) in [6.07, 6.45) is 4.37. The van der Waals surface area contributed by atoms with Gasteiger partial charge in [-0.2, -0.15) is 0 Å². The first kappa shape index (κ1) is 22.4. The Hall–Kier alpha value is -1.77. The molecule has 0 aliphatic carbocycles. The van der Waals surface area contributed by atoms with Crippen LogP contribution in [-0.4, -0.2) is 69.9 Å². The second kappa shape index (κ2) is 9.00. The third-order valence-electron chi connectivity index (χ3n) is 6.58. The van der Waals surface area contributed by atoms with Gasteiger partial charge in [-0.05, 0) is 57.2 Å². The van der Waals surface area contributed by atoms with Crippen molar-refractivity contribution >= 4 is 23.6 Å². The highest BCUT2D eigenvalue weighted by molar-refractivity contribution is 8.01. The van der Waals surface area contributed by atoms with Crippen molar-refractivity contribution in [3.63, 3.8) is 0 Å². The van der Waals surface area contributed by atoms with Crippen LogP contribution in [0.15, 0.2) is 24.3 Å². The number of fused-ring (bicyclic) bond motifs is 1. The summed E-state index contributed by atoms with van der Waals surface area (Å²) in [5, 5.41) is 12.7. The van der Waals surface area contributed by atoms with Crippen LogP contribution in [0.2, 0.25) is 0 Å². The van der Waals surface area contributed by atoms with E-state index in [2.05, 4.69) is 17.4 Å². The maximum Gasteiger partial charge on any atom is 0.322 e. The Morgan fingerprint density at radius 3 is 2.65 bits per heavy atom. The lowest BCUT2D eigenvalue weighted by atomic mass is 9.96. The van der Waals surface area contributed by atoms with Crippen molar-refractivity contribution in [2.75, 3.05) is 13.7 Å². The summed E-state index contributed by atoms with van der Waals surface area (Å²) in [6, 6.07) is 7.61. The van der Waals surface area contributed by atoms with E-state index in [4.69, 9.17) is 9.47 Å². The Balaban J connectivity index is 1.18. The predicted octanol–water partition coefficient (Wildman–Crippen LogP) is 2.67. The molecule has 5 atom stereocenters. The molecule has 170 valence electrons. The molecule has 1 aromatic rings. The highest BCUT2D eigenvalue weighted by atomic mass is 32.2. The van der Waals surface area contributed by atoms with Crippen LogP contribution in [0, 0.1) is 0 Å². The van der Waals surface area contributed by atoms with Gasteiger partial charge in [0, 0.05) is 17.7 Å². The van der Waals surface area contributed by atoms with Gasteiger partial charge in [0.25, 0.3) is 0 Å². The normalized spacial score (nSPS) is 31.6. The maximum absolute atomic E-state index is 12.5. The van der Waals surface area contributed by atoms with Crippen molar-refractivity contribution in [2.45, 2.75) is 80.4 Å². The highest BCUT2D eigenvalue weighted by Crippen LogP contribution is 2.50. The van der Waals surface area contributed by atoms with Gasteiger partial charge in [-0.3, -0.25) is 14.5 Å². The first-order chi connectivity index (χ1) is 14.8. The Labute approximate surface area is 187 Å². The zero-order valence-corrected chi connectivity index (χ0v) is 19.2. The highest BCUT2D eigenvalue weighted by Gasteiger charge is 2.59. The number of thioether (sulfide) groups is 1. The molecule has 3 aliphatic rings. The zero-order valence-electron chi connectivity index (χ0n) is 18.4. The predicted molar refractivity (Wildman–Crippen MR) is 119 cm³/mol. The molecule has 0 aromatic heterocycles. The molecule has 0 saturated carbocycles. The molecule has 0 unspecified atom stereocenters. The van der Waals surface area contributed by atoms with Gasteiger partial charge < -0.3 is 19.9 Å². The van der Waals surface area contributed by atoms with Crippen LogP contribution in [0.4, 0.5) is 0 Å². The van der Waals surface area contributed by atoms with E-state index in [9.17, 15) is 14.7 Å². The van der Waals surface area contributed by atoms with Gasteiger partial charge in [-0.15, -0.1) is 11.8 Å². The second-order valence-corrected chi connectivity index (χ2v) is 11.0. The number of carbonyl (C=O) groups is 2. The minimum Gasteiger partial charge on any atom is -0.497 e. The van der Waals surface area contributed by atoms with Crippen LogP contribution in [0.3, 0.4) is 0 Å². The summed E-state index contributed by atoms with van der Waals surface area (Å²) in [4.78, 5) is 26.1. The number of amides is 1. The van der Waals surface area contributed by atoms with Gasteiger partial charge in [0.05, 0.1) is 30.7 Å². The smallest absolute Gasteiger partial charge is 0.322 e. The molecule has 0 bridgehead atoms. The summed E-state index contributed by atoms with van der Waals surface area (Å²) in [5.74, 6) is 0.101. The van der Waals surface area contributed by atoms with Crippen LogP contribution in [0.5, 0.6) is 5.75 Å². The van der Waals surface area contributed by atoms with Crippen molar-refractivity contribution in [1.29, 1.82) is 0 Å². The molecule has 3 aliphatic heterocycles. The average molecular weight is 449 g/mol. The Morgan fingerprint density at radius 1 is 1.26 bits per heavy atom. The summed E-state index contributed by atoms with van der Waals surface area (Å²) in [5.41, 5.74) is 1.23. The van der Waals surface area contributed by atoms with E-state index in [1.54, 1.807) is 18.9 Å². The van der Waals surface area contributed by atoms with Crippen molar-refractivity contribution in [2.24, 2.45) is 0 Å². The van der Waals surface area contributed by atoms with Crippen molar-refractivity contribution in [3.8, 4) is 5.75 Å². The number of benzene rings is 1. The van der Waals surface area contributed by atoms with E-state index < -0.39 is 12.0 Å². The Morgan fingerprint density at radius 2 is 1.97 bits per heavy atom. The van der Waals surface area contributed by atoms with Crippen LogP contribution < -0.4 is 10.1 Å². The number of hydrogen-bond acceptors (Lipinski definition) is 6. The SMILES string of the molecule is COc1ccc(C[C@H]2CC[C@H](CCC(=O)N[C@@H]3CN4[C@@H]3SC(C)(C)[C@@H]4C(=O)O)O2)cc1. The van der Waals surface area contributed by atoms with E-state index in [0.29, 0.717) is 13.0 Å². The lowest BCUT2D eigenvalue weighted by Crippen LogP contribution is -2.66. The fraction of sp³-hybridized carbons (Fsp3) is 0.652. The first-order valence-corrected chi connectivity index (χ1v) is 11.9. The van der Waals surface area contributed by atoms with E-state index in [0.717, 1.165) is 31.4 Å². The van der Waals surface area contributed by atoms with Crippen molar-refractivity contribution in [1.82, 2.24) is 10.2 Å². The first-order valence-electron chi connectivity index (χ1n) is 11.0. The molecule has 1 amide bonds. The topological polar surface area (TPSA) is 88.1 Å². The van der Waals surface area contributed by atoms with Gasteiger partial charge >= 0.3 is 5.97 Å². The molecule has 1 aromatic carbocycles. The van der Waals surface area contributed by atoms with Crippen LogP contribution >= 0.6 is 11.8 Å². The molecule has 3 fully saturated rings. The number of carboxylic acids is 1. The van der Waals surface area contributed by atoms with E-state index in [1.807, 2.05) is 30.9 Å². The summed E-state index contributed by atoms with van der Waals surface area (Å²) >= 11 is 1.65. The number of hydrogen-bond donors (Lipinski definition) is 2. The third-order valence-corrected chi connectivity index (χ3v) is 8.26. The minimum absolute atomic E-state index is 0.0217. The Kier molecular flexibility index (Phi) is 6.51. The molecule has 2 N–H and O–H groups in total. The number of aliphatic carboxylic acids is 1. The molecular formula is C23H32N2O5S. The van der Waals surface area contributed by atoms with Gasteiger partial charge in [0.1, 0.15) is 11.8 Å². The van der Waals surface area contributed by atoms with Gasteiger partial charge in [-0.1, -0.05) is 12.1 Å². The van der Waals surface area contributed by atoms with Crippen LogP contribution in [-0.2, 0) is 20.7 Å². The summed E-state index contributed by atoms with van der Waals surface area (Å²) in [7, 11) is 1.66. The third kappa shape index (κ3) is 4.86.